The van der Waals surface area contributed by atoms with E-state index in [1.54, 1.807) is 0 Å². The average molecular weight is 336 g/mol. The maximum atomic E-state index is 2.27. The van der Waals surface area contributed by atoms with E-state index in [0.29, 0.717) is 0 Å². The molecule has 0 aliphatic rings. The molecular formula is C24H20N2. The summed E-state index contributed by atoms with van der Waals surface area (Å²) in [5.41, 5.74) is 7.50. The van der Waals surface area contributed by atoms with Crippen molar-refractivity contribution in [3.05, 3.63) is 84.9 Å². The van der Waals surface area contributed by atoms with E-state index in [9.17, 15) is 0 Å². The van der Waals surface area contributed by atoms with Crippen molar-refractivity contribution in [3.8, 4) is 22.5 Å². The van der Waals surface area contributed by atoms with Crippen LogP contribution in [0.5, 0.6) is 0 Å². The summed E-state index contributed by atoms with van der Waals surface area (Å²) < 4.78 is 4.53. The van der Waals surface area contributed by atoms with Gasteiger partial charge in [0.1, 0.15) is 0 Å². The summed E-state index contributed by atoms with van der Waals surface area (Å²) >= 11 is 0. The van der Waals surface area contributed by atoms with E-state index in [-0.39, 0.29) is 0 Å². The van der Waals surface area contributed by atoms with Gasteiger partial charge in [-0.05, 0) is 35.4 Å². The van der Waals surface area contributed by atoms with Gasteiger partial charge < -0.3 is 9.13 Å². The van der Waals surface area contributed by atoms with E-state index in [4.69, 9.17) is 0 Å². The zero-order valence-electron chi connectivity index (χ0n) is 15.0. The third-order valence-electron chi connectivity index (χ3n) is 5.38. The van der Waals surface area contributed by atoms with Crippen molar-refractivity contribution in [1.29, 1.82) is 0 Å². The standard InChI is InChI=1S/C24H20N2/c1-25-21-9-5-3-7-19(21)15-23(25)17-11-13-18(14-12-17)24-16-20-8-4-6-10-22(20)26(24)2/h3-16H,1-2H3. The first kappa shape index (κ1) is 15.0. The average Bonchev–Trinajstić information content (AvgIpc) is 3.20. The molecule has 0 aliphatic carbocycles. The maximum absolute atomic E-state index is 2.27. The Hall–Kier alpha value is -3.26. The zero-order valence-corrected chi connectivity index (χ0v) is 15.0. The van der Waals surface area contributed by atoms with E-state index in [1.165, 1.54) is 44.3 Å². The Morgan fingerprint density at radius 1 is 0.500 bits per heavy atom. The fraction of sp³-hybridized carbons (Fsp3) is 0.0833. The molecular weight excluding hydrogens is 316 g/mol. The van der Waals surface area contributed by atoms with Crippen molar-refractivity contribution < 1.29 is 0 Å². The molecule has 26 heavy (non-hydrogen) atoms. The van der Waals surface area contributed by atoms with Crippen molar-refractivity contribution in [1.82, 2.24) is 9.13 Å². The number of para-hydroxylation sites is 2. The molecule has 5 aromatic rings. The lowest BCUT2D eigenvalue weighted by Gasteiger charge is -2.08. The first-order valence-electron chi connectivity index (χ1n) is 8.92. The third kappa shape index (κ3) is 2.19. The molecule has 0 amide bonds. The number of nitrogens with zero attached hydrogens (tertiary/aromatic N) is 2. The molecule has 2 nitrogen and oxygen atoms in total. The van der Waals surface area contributed by atoms with Gasteiger partial charge in [0, 0.05) is 47.3 Å². The van der Waals surface area contributed by atoms with E-state index >= 15 is 0 Å². The lowest BCUT2D eigenvalue weighted by atomic mass is 10.1. The highest BCUT2D eigenvalue weighted by atomic mass is 14.9. The topological polar surface area (TPSA) is 9.86 Å². The van der Waals surface area contributed by atoms with Crippen LogP contribution in [0.4, 0.5) is 0 Å². The van der Waals surface area contributed by atoms with Crippen LogP contribution < -0.4 is 0 Å². The molecule has 0 aliphatic heterocycles. The second-order valence-corrected chi connectivity index (χ2v) is 6.87. The summed E-state index contributed by atoms with van der Waals surface area (Å²) in [6, 6.07) is 30.5. The minimum absolute atomic E-state index is 1.24. The monoisotopic (exact) mass is 336 g/mol. The fourth-order valence-electron chi connectivity index (χ4n) is 3.94. The van der Waals surface area contributed by atoms with Crippen LogP contribution in [0, 0.1) is 0 Å². The van der Waals surface area contributed by atoms with Crippen LogP contribution in [0.2, 0.25) is 0 Å². The van der Waals surface area contributed by atoms with Crippen molar-refractivity contribution in [2.24, 2.45) is 14.1 Å². The second kappa shape index (κ2) is 5.63. The van der Waals surface area contributed by atoms with Gasteiger partial charge in [-0.2, -0.15) is 0 Å². The molecule has 0 saturated heterocycles. The molecule has 0 fully saturated rings. The number of fused-ring (bicyclic) bond motifs is 2. The highest BCUT2D eigenvalue weighted by Crippen LogP contribution is 2.31. The first-order chi connectivity index (χ1) is 12.7. The Morgan fingerprint density at radius 3 is 1.27 bits per heavy atom. The van der Waals surface area contributed by atoms with Gasteiger partial charge in [0.15, 0.2) is 0 Å². The number of aryl methyl sites for hydroxylation is 2. The Kier molecular flexibility index (Phi) is 3.26. The van der Waals surface area contributed by atoms with Crippen molar-refractivity contribution in [2.75, 3.05) is 0 Å². The molecule has 2 heteroatoms. The van der Waals surface area contributed by atoms with Crippen molar-refractivity contribution >= 4 is 21.8 Å². The molecule has 0 bridgehead atoms. The molecule has 0 saturated carbocycles. The van der Waals surface area contributed by atoms with E-state index < -0.39 is 0 Å². The molecule has 0 unspecified atom stereocenters. The van der Waals surface area contributed by atoms with Gasteiger partial charge >= 0.3 is 0 Å². The summed E-state index contributed by atoms with van der Waals surface area (Å²) in [6.45, 7) is 0. The van der Waals surface area contributed by atoms with Crippen LogP contribution in [0.25, 0.3) is 44.3 Å². The molecule has 126 valence electrons. The molecule has 0 N–H and O–H groups in total. The third-order valence-corrected chi connectivity index (χ3v) is 5.38. The number of hydrogen-bond acceptors (Lipinski definition) is 0. The van der Waals surface area contributed by atoms with Crippen LogP contribution in [0.15, 0.2) is 84.9 Å². The Morgan fingerprint density at radius 2 is 0.885 bits per heavy atom. The van der Waals surface area contributed by atoms with Crippen molar-refractivity contribution in [3.63, 3.8) is 0 Å². The Bertz CT molecular complexity index is 1140. The molecule has 0 atom stereocenters. The molecule has 5 rings (SSSR count). The summed E-state index contributed by atoms with van der Waals surface area (Å²) in [7, 11) is 4.27. The van der Waals surface area contributed by atoms with Gasteiger partial charge in [0.05, 0.1) is 0 Å². The van der Waals surface area contributed by atoms with Crippen LogP contribution in [-0.4, -0.2) is 9.13 Å². The van der Waals surface area contributed by atoms with Crippen molar-refractivity contribution in [2.45, 2.75) is 0 Å². The van der Waals surface area contributed by atoms with E-state index in [1.807, 2.05) is 0 Å². The van der Waals surface area contributed by atoms with Gasteiger partial charge in [-0.25, -0.2) is 0 Å². The van der Waals surface area contributed by atoms with Gasteiger partial charge in [0.25, 0.3) is 0 Å². The largest absolute Gasteiger partial charge is 0.344 e. The number of aromatic nitrogens is 2. The van der Waals surface area contributed by atoms with Gasteiger partial charge in [-0.1, -0.05) is 60.7 Å². The lowest BCUT2D eigenvalue weighted by molar-refractivity contribution is 0.975. The minimum Gasteiger partial charge on any atom is -0.344 e. The van der Waals surface area contributed by atoms with Crippen LogP contribution in [0.3, 0.4) is 0 Å². The Balaban J connectivity index is 1.60. The normalized spacial score (nSPS) is 11.5. The second-order valence-electron chi connectivity index (χ2n) is 6.87. The molecule has 0 radical (unpaired) electrons. The molecule has 2 heterocycles. The van der Waals surface area contributed by atoms with Crippen LogP contribution in [0.1, 0.15) is 0 Å². The van der Waals surface area contributed by atoms with E-state index in [0.717, 1.165) is 0 Å². The van der Waals surface area contributed by atoms with Gasteiger partial charge in [-0.15, -0.1) is 0 Å². The first-order valence-corrected chi connectivity index (χ1v) is 8.92. The summed E-state index contributed by atoms with van der Waals surface area (Å²) in [4.78, 5) is 0. The minimum atomic E-state index is 1.24. The number of rotatable bonds is 2. The summed E-state index contributed by atoms with van der Waals surface area (Å²) in [6.07, 6.45) is 0. The summed E-state index contributed by atoms with van der Waals surface area (Å²) in [5, 5.41) is 2.56. The highest BCUT2D eigenvalue weighted by Gasteiger charge is 2.10. The van der Waals surface area contributed by atoms with Gasteiger partial charge in [-0.3, -0.25) is 0 Å². The van der Waals surface area contributed by atoms with Crippen LogP contribution >= 0.6 is 0 Å². The maximum Gasteiger partial charge on any atom is 0.0488 e. The molecule has 0 spiro atoms. The number of benzene rings is 3. The smallest absolute Gasteiger partial charge is 0.0488 e. The summed E-state index contributed by atoms with van der Waals surface area (Å²) in [5.74, 6) is 0. The van der Waals surface area contributed by atoms with Crippen LogP contribution in [-0.2, 0) is 14.1 Å². The predicted octanol–water partition coefficient (Wildman–Crippen LogP) is 6.00. The van der Waals surface area contributed by atoms with E-state index in [2.05, 4.69) is 108 Å². The zero-order chi connectivity index (χ0) is 17.7. The lowest BCUT2D eigenvalue weighted by Crippen LogP contribution is -1.93. The quantitative estimate of drug-likeness (QED) is 0.374. The molecule has 2 aromatic heterocycles. The Labute approximate surface area is 152 Å². The van der Waals surface area contributed by atoms with Gasteiger partial charge in [0.2, 0.25) is 0 Å². The fourth-order valence-corrected chi connectivity index (χ4v) is 3.94. The predicted molar refractivity (Wildman–Crippen MR) is 110 cm³/mol. The highest BCUT2D eigenvalue weighted by molar-refractivity contribution is 5.89. The SMILES string of the molecule is Cn1c(-c2ccc(-c3cc4ccccc4n3C)cc2)cc2ccccc21. The number of hydrogen-bond donors (Lipinski definition) is 0. The molecule has 3 aromatic carbocycles.